The monoisotopic (exact) mass is 525 g/mol. The summed E-state index contributed by atoms with van der Waals surface area (Å²) in [6, 6.07) is 21.9. The van der Waals surface area contributed by atoms with Gasteiger partial charge in [0.2, 0.25) is 5.91 Å². The molecule has 0 unspecified atom stereocenters. The lowest BCUT2D eigenvalue weighted by atomic mass is 9.89. The third-order valence-corrected chi connectivity index (χ3v) is 7.98. The quantitative estimate of drug-likeness (QED) is 0.301. The minimum absolute atomic E-state index is 0.0836. The molecule has 38 heavy (non-hydrogen) atoms. The number of aliphatic hydroxyl groups excluding tert-OH is 1. The Bertz CT molecular complexity index is 1520. The third-order valence-electron chi connectivity index (χ3n) is 6.65. The van der Waals surface area contributed by atoms with Crippen LogP contribution in [0.3, 0.4) is 0 Å². The smallest absolute Gasteiger partial charge is 0.243 e. The molecule has 6 nitrogen and oxygen atoms in total. The van der Waals surface area contributed by atoms with Crippen LogP contribution < -0.4 is 4.90 Å². The highest BCUT2D eigenvalue weighted by Gasteiger charge is 2.49. The summed E-state index contributed by atoms with van der Waals surface area (Å²) in [4.78, 5) is 19.3. The summed E-state index contributed by atoms with van der Waals surface area (Å²) in [5, 5.41) is 29.3. The van der Waals surface area contributed by atoms with Crippen LogP contribution in [0.1, 0.15) is 34.4 Å². The van der Waals surface area contributed by atoms with Gasteiger partial charge in [-0.1, -0.05) is 30.3 Å². The van der Waals surface area contributed by atoms with Gasteiger partial charge >= 0.3 is 0 Å². The molecule has 1 aliphatic rings. The highest BCUT2D eigenvalue weighted by atomic mass is 32.2. The van der Waals surface area contributed by atoms with Crippen molar-refractivity contribution in [3.05, 3.63) is 113 Å². The highest BCUT2D eigenvalue weighted by molar-refractivity contribution is 8.00. The minimum atomic E-state index is -0.846. The number of β-lactam (4-membered cyclic amide) rings is 1. The molecule has 190 valence electrons. The number of amides is 1. The number of aliphatic hydroxyl groups is 1. The molecule has 2 N–H and O–H groups in total. The number of pyridine rings is 1. The largest absolute Gasteiger partial charge is 0.508 e. The number of hydrogen-bond acceptors (Lipinski definition) is 6. The molecule has 0 aliphatic carbocycles. The van der Waals surface area contributed by atoms with E-state index in [1.54, 1.807) is 41.4 Å². The molecule has 3 aromatic carbocycles. The topological polar surface area (TPSA) is 97.4 Å². The second kappa shape index (κ2) is 10.7. The number of nitriles is 1. The van der Waals surface area contributed by atoms with Crippen LogP contribution in [0.25, 0.3) is 11.1 Å². The molecule has 0 radical (unpaired) electrons. The normalized spacial score (nSPS) is 17.5. The summed E-state index contributed by atoms with van der Waals surface area (Å²) in [5.74, 6) is -0.0389. The minimum Gasteiger partial charge on any atom is -0.508 e. The molecule has 3 atom stereocenters. The van der Waals surface area contributed by atoms with Gasteiger partial charge in [-0.05, 0) is 71.6 Å². The van der Waals surface area contributed by atoms with Crippen LogP contribution in [0, 0.1) is 24.1 Å². The molecule has 0 bridgehead atoms. The van der Waals surface area contributed by atoms with Gasteiger partial charge in [-0.2, -0.15) is 5.26 Å². The van der Waals surface area contributed by atoms with E-state index in [2.05, 4.69) is 11.1 Å². The van der Waals surface area contributed by atoms with E-state index in [9.17, 15) is 19.4 Å². The van der Waals surface area contributed by atoms with Gasteiger partial charge in [0.25, 0.3) is 0 Å². The Hall–Kier alpha value is -4.19. The standard InChI is InChI=1S/C30H24FN3O3S/c1-18-12-25(35)10-11-26(18)28-29(38-17-27(36)21-2-6-23(31)7-3-21)30(37)34(28)24-8-4-20(5-9-24)22-13-19(14-32)15-33-16-22/h2-13,15-16,27-29,35-36H,17H2,1H3/t27-,28+,29+/m0/s1. The first-order valence-corrected chi connectivity index (χ1v) is 13.0. The zero-order chi connectivity index (χ0) is 26.8. The second-order valence-corrected chi connectivity index (χ2v) is 10.3. The average Bonchev–Trinajstić information content (AvgIpc) is 2.93. The molecule has 1 aliphatic heterocycles. The predicted molar refractivity (Wildman–Crippen MR) is 145 cm³/mol. The van der Waals surface area contributed by atoms with Gasteiger partial charge in [-0.25, -0.2) is 4.39 Å². The van der Waals surface area contributed by atoms with Crippen molar-refractivity contribution in [2.45, 2.75) is 24.3 Å². The summed E-state index contributed by atoms with van der Waals surface area (Å²) in [6.07, 6.45) is 2.35. The number of phenols is 1. The number of aromatic hydroxyl groups is 1. The van der Waals surface area contributed by atoms with Crippen LogP contribution in [0.5, 0.6) is 5.75 Å². The zero-order valence-electron chi connectivity index (χ0n) is 20.5. The molecular weight excluding hydrogens is 501 g/mol. The van der Waals surface area contributed by atoms with E-state index < -0.39 is 11.4 Å². The van der Waals surface area contributed by atoms with Crippen molar-refractivity contribution in [2.24, 2.45) is 0 Å². The highest BCUT2D eigenvalue weighted by Crippen LogP contribution is 2.47. The number of thioether (sulfide) groups is 1. The fourth-order valence-corrected chi connectivity index (χ4v) is 5.94. The van der Waals surface area contributed by atoms with Crippen LogP contribution in [-0.2, 0) is 4.79 Å². The average molecular weight is 526 g/mol. The molecule has 4 aromatic rings. The summed E-state index contributed by atoms with van der Waals surface area (Å²) in [6.45, 7) is 1.89. The number of hydrogen-bond donors (Lipinski definition) is 2. The van der Waals surface area contributed by atoms with Crippen LogP contribution in [-0.4, -0.2) is 32.1 Å². The van der Waals surface area contributed by atoms with Gasteiger partial charge in [0.15, 0.2) is 0 Å². The van der Waals surface area contributed by atoms with Crippen LogP contribution in [0.4, 0.5) is 10.1 Å². The number of nitrogens with zero attached hydrogens (tertiary/aromatic N) is 3. The number of benzene rings is 3. The van der Waals surface area contributed by atoms with Crippen LogP contribution in [0.15, 0.2) is 85.2 Å². The predicted octanol–water partition coefficient (Wildman–Crippen LogP) is 5.70. The van der Waals surface area contributed by atoms with E-state index in [4.69, 9.17) is 5.26 Å². The van der Waals surface area contributed by atoms with Crippen molar-refractivity contribution in [1.29, 1.82) is 5.26 Å². The van der Waals surface area contributed by atoms with Gasteiger partial charge in [-0.3, -0.25) is 9.78 Å². The molecule has 2 heterocycles. The number of phenolic OH excluding ortho intramolecular Hbond substituents is 1. The van der Waals surface area contributed by atoms with E-state index in [1.165, 1.54) is 30.1 Å². The maximum Gasteiger partial charge on any atom is 0.243 e. The van der Waals surface area contributed by atoms with E-state index in [0.29, 0.717) is 11.1 Å². The number of rotatable bonds is 7. The number of aromatic nitrogens is 1. The second-order valence-electron chi connectivity index (χ2n) is 9.14. The SMILES string of the molecule is Cc1cc(O)ccc1[C@@H]1[C@@H](SC[C@H](O)c2ccc(F)cc2)C(=O)N1c1ccc(-c2cncc(C#N)c2)cc1. The van der Waals surface area contributed by atoms with Gasteiger partial charge < -0.3 is 15.1 Å². The van der Waals surface area contributed by atoms with Gasteiger partial charge in [0, 0.05) is 29.4 Å². The molecule has 0 spiro atoms. The Kier molecular flexibility index (Phi) is 7.14. The van der Waals surface area contributed by atoms with E-state index in [0.717, 1.165) is 27.9 Å². The fraction of sp³-hybridized carbons (Fsp3) is 0.167. The van der Waals surface area contributed by atoms with E-state index >= 15 is 0 Å². The lowest BCUT2D eigenvalue weighted by molar-refractivity contribution is -0.123. The van der Waals surface area contributed by atoms with Gasteiger partial charge in [0.05, 0.1) is 17.7 Å². The number of anilines is 1. The van der Waals surface area contributed by atoms with Gasteiger partial charge in [0.1, 0.15) is 22.9 Å². The van der Waals surface area contributed by atoms with Crippen LogP contribution in [0.2, 0.25) is 0 Å². The van der Waals surface area contributed by atoms with Gasteiger partial charge in [-0.15, -0.1) is 11.8 Å². The lowest BCUT2D eigenvalue weighted by Crippen LogP contribution is -2.58. The summed E-state index contributed by atoms with van der Waals surface area (Å²) < 4.78 is 13.3. The van der Waals surface area contributed by atoms with Crippen molar-refractivity contribution in [3.63, 3.8) is 0 Å². The fourth-order valence-electron chi connectivity index (χ4n) is 4.66. The Morgan fingerprint density at radius 3 is 2.47 bits per heavy atom. The van der Waals surface area contributed by atoms with Crippen molar-refractivity contribution in [1.82, 2.24) is 4.98 Å². The summed E-state index contributed by atoms with van der Waals surface area (Å²) in [5.41, 5.74) is 5.22. The molecule has 5 rings (SSSR count). The first kappa shape index (κ1) is 25.5. The number of carbonyl (C=O) groups is 1. The first-order chi connectivity index (χ1) is 18.4. The molecule has 1 aromatic heterocycles. The summed E-state index contributed by atoms with van der Waals surface area (Å²) in [7, 11) is 0. The van der Waals surface area contributed by atoms with Crippen molar-refractivity contribution >= 4 is 23.4 Å². The van der Waals surface area contributed by atoms with Crippen molar-refractivity contribution in [2.75, 3.05) is 10.7 Å². The molecule has 1 fully saturated rings. The maximum absolute atomic E-state index is 13.4. The van der Waals surface area contributed by atoms with Crippen molar-refractivity contribution < 1.29 is 19.4 Å². The first-order valence-electron chi connectivity index (χ1n) is 12.0. The summed E-state index contributed by atoms with van der Waals surface area (Å²) >= 11 is 1.36. The van der Waals surface area contributed by atoms with E-state index in [-0.39, 0.29) is 29.3 Å². The molecular formula is C30H24FN3O3S. The van der Waals surface area contributed by atoms with Crippen LogP contribution >= 0.6 is 11.8 Å². The number of halogens is 1. The maximum atomic E-state index is 13.4. The Morgan fingerprint density at radius 1 is 1.05 bits per heavy atom. The number of carbonyl (C=O) groups excluding carboxylic acids is 1. The lowest BCUT2D eigenvalue weighted by Gasteiger charge is -2.47. The Morgan fingerprint density at radius 2 is 1.79 bits per heavy atom. The Labute approximate surface area is 224 Å². The Balaban J connectivity index is 1.41. The zero-order valence-corrected chi connectivity index (χ0v) is 21.3. The van der Waals surface area contributed by atoms with Crippen molar-refractivity contribution in [3.8, 4) is 22.9 Å². The molecule has 8 heteroatoms. The molecule has 1 amide bonds. The van der Waals surface area contributed by atoms with E-state index in [1.807, 2.05) is 37.3 Å². The third kappa shape index (κ3) is 4.99. The molecule has 1 saturated heterocycles. The molecule has 0 saturated carbocycles. The number of aryl methyl sites for hydroxylation is 1.